The Labute approximate surface area is 210 Å². The summed E-state index contributed by atoms with van der Waals surface area (Å²) in [5.41, 5.74) is 3.25. The van der Waals surface area contributed by atoms with E-state index in [2.05, 4.69) is 33.8 Å². The monoisotopic (exact) mass is 476 g/mol. The number of carbonyl (C=O) groups excluding carboxylic acids is 2. The standard InChI is InChI=1S/C29H40N4O2/c1-3-28(34)33-20-17-25-11-8-12-26(32(25)4-2)22-31(21-24-10-5-6-13-27(24)33)29(35)14-7-9-23-15-18-30-19-16-23/h5-6,10,13,15-16,18-19,25-26H,3-4,7-9,11-12,14,17,20-22H2,1-2H3. The van der Waals surface area contributed by atoms with Crippen LogP contribution in [0.2, 0.25) is 0 Å². The second-order valence-electron chi connectivity index (χ2n) is 9.87. The number of likely N-dealkylation sites (N-methyl/N-ethyl adjacent to an activating group) is 1. The van der Waals surface area contributed by atoms with Crippen LogP contribution in [0.15, 0.2) is 48.8 Å². The molecule has 3 heterocycles. The summed E-state index contributed by atoms with van der Waals surface area (Å²) in [6.07, 6.45) is 10.8. The van der Waals surface area contributed by atoms with Crippen LogP contribution in [0.5, 0.6) is 0 Å². The number of benzene rings is 1. The number of amides is 2. The van der Waals surface area contributed by atoms with Crippen molar-refractivity contribution in [1.82, 2.24) is 14.8 Å². The number of para-hydroxylation sites is 1. The number of nitrogens with zero attached hydrogens (tertiary/aromatic N) is 4. The third kappa shape index (κ3) is 6.29. The minimum atomic E-state index is 0.155. The van der Waals surface area contributed by atoms with Crippen molar-refractivity contribution in [2.45, 2.75) is 83.8 Å². The summed E-state index contributed by atoms with van der Waals surface area (Å²) in [6, 6.07) is 13.1. The van der Waals surface area contributed by atoms with Gasteiger partial charge in [-0.2, -0.15) is 0 Å². The average molecular weight is 477 g/mol. The fourth-order valence-corrected chi connectivity index (χ4v) is 5.86. The van der Waals surface area contributed by atoms with E-state index >= 15 is 0 Å². The first-order valence-corrected chi connectivity index (χ1v) is 13.4. The van der Waals surface area contributed by atoms with Gasteiger partial charge in [0.1, 0.15) is 0 Å². The molecular formula is C29H40N4O2. The molecule has 0 N–H and O–H groups in total. The Hall–Kier alpha value is -2.73. The van der Waals surface area contributed by atoms with Crippen molar-refractivity contribution in [2.75, 3.05) is 24.5 Å². The lowest BCUT2D eigenvalue weighted by Crippen LogP contribution is -2.52. The summed E-state index contributed by atoms with van der Waals surface area (Å²) in [6.45, 7) is 7.19. The third-order valence-corrected chi connectivity index (χ3v) is 7.70. The molecule has 2 atom stereocenters. The van der Waals surface area contributed by atoms with Crippen LogP contribution in [-0.2, 0) is 22.6 Å². The lowest BCUT2D eigenvalue weighted by atomic mass is 9.93. The van der Waals surface area contributed by atoms with Crippen molar-refractivity contribution in [3.05, 3.63) is 59.9 Å². The average Bonchev–Trinajstić information content (AvgIpc) is 2.90. The molecule has 1 aromatic heterocycles. The molecule has 1 saturated heterocycles. The van der Waals surface area contributed by atoms with Crippen molar-refractivity contribution in [3.8, 4) is 0 Å². The molecule has 0 spiro atoms. The third-order valence-electron chi connectivity index (χ3n) is 7.70. The van der Waals surface area contributed by atoms with Gasteiger partial charge in [0.25, 0.3) is 0 Å². The number of hydrogen-bond acceptors (Lipinski definition) is 4. The highest BCUT2D eigenvalue weighted by atomic mass is 16.2. The zero-order valence-electron chi connectivity index (χ0n) is 21.4. The second kappa shape index (κ2) is 12.3. The summed E-state index contributed by atoms with van der Waals surface area (Å²) >= 11 is 0. The minimum Gasteiger partial charge on any atom is -0.337 e. The Morgan fingerprint density at radius 2 is 1.74 bits per heavy atom. The number of rotatable bonds is 6. The highest BCUT2D eigenvalue weighted by Crippen LogP contribution is 2.30. The van der Waals surface area contributed by atoms with Gasteiger partial charge in [-0.05, 0) is 68.0 Å². The van der Waals surface area contributed by atoms with Gasteiger partial charge in [0.2, 0.25) is 11.8 Å². The lowest BCUT2D eigenvalue weighted by molar-refractivity contribution is -0.133. The van der Waals surface area contributed by atoms with E-state index in [1.54, 1.807) is 0 Å². The number of anilines is 1. The topological polar surface area (TPSA) is 56.8 Å². The number of piperidine rings is 1. The molecule has 0 radical (unpaired) electrons. The smallest absolute Gasteiger partial charge is 0.226 e. The highest BCUT2D eigenvalue weighted by Gasteiger charge is 2.33. The molecule has 2 amide bonds. The van der Waals surface area contributed by atoms with Crippen molar-refractivity contribution < 1.29 is 9.59 Å². The lowest BCUT2D eigenvalue weighted by Gasteiger charge is -2.43. The summed E-state index contributed by atoms with van der Waals surface area (Å²) < 4.78 is 0. The van der Waals surface area contributed by atoms with E-state index in [1.165, 1.54) is 18.4 Å². The Kier molecular flexibility index (Phi) is 8.91. The molecule has 0 saturated carbocycles. The van der Waals surface area contributed by atoms with Crippen molar-refractivity contribution in [2.24, 2.45) is 0 Å². The molecule has 2 unspecified atom stereocenters. The Balaban J connectivity index is 1.60. The first kappa shape index (κ1) is 25.4. The molecule has 188 valence electrons. The van der Waals surface area contributed by atoms with E-state index in [9.17, 15) is 9.59 Å². The Morgan fingerprint density at radius 1 is 0.971 bits per heavy atom. The molecule has 35 heavy (non-hydrogen) atoms. The van der Waals surface area contributed by atoms with Gasteiger partial charge in [-0.15, -0.1) is 0 Å². The Bertz CT molecular complexity index is 980. The van der Waals surface area contributed by atoms with E-state index in [-0.39, 0.29) is 11.8 Å². The van der Waals surface area contributed by atoms with Gasteiger partial charge in [-0.1, -0.05) is 38.5 Å². The fraction of sp³-hybridized carbons (Fsp3) is 0.552. The van der Waals surface area contributed by atoms with Crippen LogP contribution in [0.3, 0.4) is 0 Å². The van der Waals surface area contributed by atoms with Gasteiger partial charge < -0.3 is 9.80 Å². The summed E-state index contributed by atoms with van der Waals surface area (Å²) in [5, 5.41) is 0. The number of aryl methyl sites for hydroxylation is 1. The zero-order valence-corrected chi connectivity index (χ0v) is 21.4. The molecule has 1 fully saturated rings. The van der Waals surface area contributed by atoms with Crippen LogP contribution >= 0.6 is 0 Å². The van der Waals surface area contributed by atoms with E-state index in [0.717, 1.165) is 56.6 Å². The van der Waals surface area contributed by atoms with Crippen molar-refractivity contribution in [3.63, 3.8) is 0 Å². The minimum absolute atomic E-state index is 0.155. The molecule has 4 rings (SSSR count). The maximum atomic E-state index is 13.6. The van der Waals surface area contributed by atoms with E-state index < -0.39 is 0 Å². The zero-order chi connectivity index (χ0) is 24.6. The predicted molar refractivity (Wildman–Crippen MR) is 140 cm³/mol. The number of pyridine rings is 1. The summed E-state index contributed by atoms with van der Waals surface area (Å²) in [4.78, 5) is 37.3. The molecular weight excluding hydrogens is 436 g/mol. The van der Waals surface area contributed by atoms with Gasteiger partial charge in [-0.3, -0.25) is 19.5 Å². The molecule has 6 nitrogen and oxygen atoms in total. The molecule has 1 aromatic carbocycles. The van der Waals surface area contributed by atoms with Crippen LogP contribution in [0.25, 0.3) is 0 Å². The first-order valence-electron chi connectivity index (χ1n) is 13.4. The van der Waals surface area contributed by atoms with E-state index in [1.807, 2.05) is 48.5 Å². The van der Waals surface area contributed by atoms with Gasteiger partial charge in [0, 0.05) is 62.6 Å². The first-order chi connectivity index (χ1) is 17.1. The van der Waals surface area contributed by atoms with Gasteiger partial charge in [0.05, 0.1) is 0 Å². The van der Waals surface area contributed by atoms with Crippen LogP contribution in [0.4, 0.5) is 5.69 Å². The van der Waals surface area contributed by atoms with Gasteiger partial charge >= 0.3 is 0 Å². The molecule has 2 aliphatic heterocycles. The largest absolute Gasteiger partial charge is 0.337 e. The van der Waals surface area contributed by atoms with Crippen LogP contribution in [-0.4, -0.2) is 58.3 Å². The highest BCUT2D eigenvalue weighted by molar-refractivity contribution is 5.94. The summed E-state index contributed by atoms with van der Waals surface area (Å²) in [5.74, 6) is 0.363. The second-order valence-corrected chi connectivity index (χ2v) is 9.87. The quantitative estimate of drug-likeness (QED) is 0.600. The summed E-state index contributed by atoms with van der Waals surface area (Å²) in [7, 11) is 0. The molecule has 6 heteroatoms. The normalized spacial score (nSPS) is 21.2. The maximum absolute atomic E-state index is 13.6. The molecule has 2 aromatic rings. The van der Waals surface area contributed by atoms with Crippen LogP contribution < -0.4 is 4.90 Å². The van der Waals surface area contributed by atoms with E-state index in [0.29, 0.717) is 31.5 Å². The molecule has 2 aliphatic rings. The van der Waals surface area contributed by atoms with Crippen molar-refractivity contribution >= 4 is 17.5 Å². The van der Waals surface area contributed by atoms with E-state index in [4.69, 9.17) is 0 Å². The predicted octanol–water partition coefficient (Wildman–Crippen LogP) is 4.82. The van der Waals surface area contributed by atoms with Gasteiger partial charge in [0.15, 0.2) is 0 Å². The Morgan fingerprint density at radius 3 is 2.51 bits per heavy atom. The van der Waals surface area contributed by atoms with Crippen LogP contribution in [0, 0.1) is 0 Å². The molecule has 0 aliphatic carbocycles. The number of fused-ring (bicyclic) bond motifs is 3. The number of aromatic nitrogens is 1. The van der Waals surface area contributed by atoms with Crippen LogP contribution in [0.1, 0.15) is 69.9 Å². The van der Waals surface area contributed by atoms with Gasteiger partial charge in [-0.25, -0.2) is 0 Å². The number of hydrogen-bond donors (Lipinski definition) is 0. The number of carbonyl (C=O) groups is 2. The SMILES string of the molecule is CCC(=O)N1CCC2CCCC(CN(C(=O)CCCc3ccncc3)Cc3ccccc31)N2CC. The maximum Gasteiger partial charge on any atom is 0.226 e. The molecule has 2 bridgehead atoms. The van der Waals surface area contributed by atoms with Crippen molar-refractivity contribution in [1.29, 1.82) is 0 Å². The fourth-order valence-electron chi connectivity index (χ4n) is 5.86.